The molecule has 1 aromatic carbocycles. The number of carbonyl (C=O) groups is 1. The standard InChI is InChI=1S/C17H18BN3O4/c1-25-17(22)13-10-20(14-6-8-19-16(18)15(13)14)9-7-11-2-4-12(5-3-11)21(23)24/h2-5,10,16,19H,6-9H2,1H3/i10T. The molecule has 7 nitrogen and oxygen atoms in total. The summed E-state index contributed by atoms with van der Waals surface area (Å²) in [5, 5.41) is 13.8. The Hall–Kier alpha value is -2.61. The largest absolute Gasteiger partial charge is 0.465 e. The number of fused-ring (bicyclic) bond motifs is 1. The fraction of sp³-hybridized carbons (Fsp3) is 0.353. The van der Waals surface area contributed by atoms with Crippen LogP contribution in [-0.4, -0.2) is 37.0 Å². The molecule has 1 unspecified atom stereocenters. The van der Waals surface area contributed by atoms with Crippen molar-refractivity contribution in [1.29, 1.82) is 0 Å². The number of nitrogens with one attached hydrogen (secondary N) is 1. The Kier molecular flexibility index (Phi) is 4.52. The maximum atomic E-state index is 12.1. The van der Waals surface area contributed by atoms with Gasteiger partial charge in [0.25, 0.3) is 5.69 Å². The third kappa shape index (κ3) is 3.44. The summed E-state index contributed by atoms with van der Waals surface area (Å²) in [6.07, 6.45) is 1.32. The van der Waals surface area contributed by atoms with E-state index in [0.29, 0.717) is 31.5 Å². The number of carbonyl (C=O) groups excluding carboxylic acids is 1. The SMILES string of the molecule is [3H]c1c(C(=O)OC)c2c(n1CCc1ccc([N+](=O)[O-])cc1)CCNC2[B]. The van der Waals surface area contributed by atoms with E-state index in [-0.39, 0.29) is 17.4 Å². The summed E-state index contributed by atoms with van der Waals surface area (Å²) in [5.41, 5.74) is 2.64. The van der Waals surface area contributed by atoms with Crippen molar-refractivity contribution in [3.63, 3.8) is 0 Å². The number of aryl methyl sites for hydroxylation is 1. The number of benzene rings is 1. The lowest BCUT2D eigenvalue weighted by Crippen LogP contribution is -2.31. The smallest absolute Gasteiger partial charge is 0.339 e. The van der Waals surface area contributed by atoms with E-state index in [2.05, 4.69) is 5.32 Å². The van der Waals surface area contributed by atoms with Gasteiger partial charge in [-0.3, -0.25) is 10.1 Å². The molecule has 1 atom stereocenters. The number of nitrogens with zero attached hydrogens (tertiary/aromatic N) is 2. The Balaban J connectivity index is 1.90. The lowest BCUT2D eigenvalue weighted by Gasteiger charge is -2.23. The number of non-ortho nitro benzene ring substituents is 1. The molecule has 128 valence electrons. The van der Waals surface area contributed by atoms with Crippen LogP contribution in [0, 0.1) is 10.1 Å². The van der Waals surface area contributed by atoms with Crippen molar-refractivity contribution in [2.24, 2.45) is 0 Å². The highest BCUT2D eigenvalue weighted by Crippen LogP contribution is 2.28. The maximum absolute atomic E-state index is 12.1. The minimum Gasteiger partial charge on any atom is -0.465 e. The first kappa shape index (κ1) is 15.9. The van der Waals surface area contributed by atoms with Crippen LogP contribution < -0.4 is 5.32 Å². The number of esters is 1. The minimum absolute atomic E-state index is 0.0401. The summed E-state index contributed by atoms with van der Waals surface area (Å²) >= 11 is 0. The molecular formula is C17H18BN3O4. The summed E-state index contributed by atoms with van der Waals surface area (Å²) in [6, 6.07) is 6.32. The third-order valence-electron chi connectivity index (χ3n) is 4.35. The van der Waals surface area contributed by atoms with E-state index in [1.54, 1.807) is 16.7 Å². The van der Waals surface area contributed by atoms with Gasteiger partial charge in [0.15, 0.2) is 0 Å². The summed E-state index contributed by atoms with van der Waals surface area (Å²) in [6.45, 7) is 1.14. The molecule has 0 spiro atoms. The summed E-state index contributed by atoms with van der Waals surface area (Å²) in [7, 11) is 7.38. The van der Waals surface area contributed by atoms with Gasteiger partial charge in [-0.05, 0) is 23.5 Å². The van der Waals surface area contributed by atoms with E-state index in [1.165, 1.54) is 19.2 Å². The molecule has 0 amide bonds. The molecular weight excluding hydrogens is 321 g/mol. The van der Waals surface area contributed by atoms with Gasteiger partial charge in [0, 0.05) is 43.5 Å². The van der Waals surface area contributed by atoms with E-state index in [0.717, 1.165) is 11.3 Å². The second-order valence-corrected chi connectivity index (χ2v) is 5.85. The molecule has 25 heavy (non-hydrogen) atoms. The van der Waals surface area contributed by atoms with Gasteiger partial charge in [-0.15, -0.1) is 0 Å². The highest BCUT2D eigenvalue weighted by Gasteiger charge is 2.27. The van der Waals surface area contributed by atoms with Crippen LogP contribution in [0.2, 0.25) is 0 Å². The second-order valence-electron chi connectivity index (χ2n) is 5.85. The van der Waals surface area contributed by atoms with Crippen molar-refractivity contribution in [2.45, 2.75) is 25.3 Å². The molecule has 2 heterocycles. The highest BCUT2D eigenvalue weighted by molar-refractivity contribution is 6.13. The quantitative estimate of drug-likeness (QED) is 0.387. The third-order valence-corrected chi connectivity index (χ3v) is 4.35. The molecule has 1 aliphatic rings. The van der Waals surface area contributed by atoms with Gasteiger partial charge in [0.05, 0.1) is 26.8 Å². The van der Waals surface area contributed by atoms with Crippen molar-refractivity contribution in [3.8, 4) is 0 Å². The normalized spacial score (nSPS) is 16.8. The van der Waals surface area contributed by atoms with Crippen LogP contribution >= 0.6 is 0 Å². The maximum Gasteiger partial charge on any atom is 0.339 e. The van der Waals surface area contributed by atoms with Gasteiger partial charge in [-0.1, -0.05) is 12.1 Å². The van der Waals surface area contributed by atoms with Crippen LogP contribution in [0.4, 0.5) is 5.69 Å². The Morgan fingerprint density at radius 1 is 1.52 bits per heavy atom. The number of hydrogen-bond acceptors (Lipinski definition) is 5. The lowest BCUT2D eigenvalue weighted by molar-refractivity contribution is -0.384. The molecule has 0 saturated heterocycles. The van der Waals surface area contributed by atoms with E-state index in [1.807, 2.05) is 0 Å². The topological polar surface area (TPSA) is 86.4 Å². The molecule has 2 radical (unpaired) electrons. The van der Waals surface area contributed by atoms with Crippen LogP contribution in [0.1, 0.15) is 34.5 Å². The molecule has 2 aromatic rings. The average molecular weight is 341 g/mol. The first-order chi connectivity index (χ1) is 12.4. The first-order valence-corrected chi connectivity index (χ1v) is 7.96. The van der Waals surface area contributed by atoms with E-state index in [9.17, 15) is 14.9 Å². The predicted molar refractivity (Wildman–Crippen MR) is 92.8 cm³/mol. The first-order valence-electron chi connectivity index (χ1n) is 8.46. The Bertz CT molecular complexity index is 851. The van der Waals surface area contributed by atoms with Gasteiger partial charge in [0.2, 0.25) is 0 Å². The van der Waals surface area contributed by atoms with Crippen molar-refractivity contribution >= 4 is 19.5 Å². The molecule has 0 fully saturated rings. The predicted octanol–water partition coefficient (Wildman–Crippen LogP) is 1.74. The van der Waals surface area contributed by atoms with E-state index >= 15 is 0 Å². The minimum atomic E-state index is -0.570. The summed E-state index contributed by atoms with van der Waals surface area (Å²) in [4.78, 5) is 22.4. The summed E-state index contributed by atoms with van der Waals surface area (Å²) in [5.74, 6) is -1.09. The van der Waals surface area contributed by atoms with Crippen molar-refractivity contribution in [3.05, 3.63) is 62.9 Å². The van der Waals surface area contributed by atoms with Crippen LogP contribution in [0.25, 0.3) is 0 Å². The van der Waals surface area contributed by atoms with Gasteiger partial charge >= 0.3 is 5.97 Å². The number of methoxy groups -OCH3 is 1. The van der Waals surface area contributed by atoms with Crippen LogP contribution in [0.5, 0.6) is 0 Å². The fourth-order valence-electron chi connectivity index (χ4n) is 3.08. The molecule has 1 aliphatic heterocycles. The Morgan fingerprint density at radius 3 is 2.88 bits per heavy atom. The zero-order valence-electron chi connectivity index (χ0n) is 14.8. The van der Waals surface area contributed by atoms with Crippen molar-refractivity contribution in [2.75, 3.05) is 13.7 Å². The number of ether oxygens (including phenoxy) is 1. The van der Waals surface area contributed by atoms with E-state index < -0.39 is 16.8 Å². The number of hydrogen-bond donors (Lipinski definition) is 1. The molecule has 8 heteroatoms. The van der Waals surface area contributed by atoms with Crippen molar-refractivity contribution < 1.29 is 15.8 Å². The number of nitro groups is 1. The van der Waals surface area contributed by atoms with Gasteiger partial charge < -0.3 is 14.6 Å². The second kappa shape index (κ2) is 7.10. The molecule has 1 aromatic heterocycles. The number of aromatic nitrogens is 1. The van der Waals surface area contributed by atoms with E-state index in [4.69, 9.17) is 14.0 Å². The Morgan fingerprint density at radius 2 is 2.24 bits per heavy atom. The van der Waals surface area contributed by atoms with Crippen LogP contribution in [0.3, 0.4) is 0 Å². The van der Waals surface area contributed by atoms with Crippen LogP contribution in [-0.2, 0) is 24.1 Å². The van der Waals surface area contributed by atoms with Gasteiger partial charge in [0.1, 0.15) is 0 Å². The summed E-state index contributed by atoms with van der Waals surface area (Å²) < 4.78 is 15.0. The average Bonchev–Trinajstić information content (AvgIpc) is 2.92. The Labute approximate surface area is 147 Å². The molecule has 0 aliphatic carbocycles. The zero-order valence-corrected chi connectivity index (χ0v) is 13.8. The molecule has 1 N–H and O–H groups in total. The molecule has 0 bridgehead atoms. The zero-order chi connectivity index (χ0) is 18.8. The van der Waals surface area contributed by atoms with Gasteiger partial charge in [-0.25, -0.2) is 4.79 Å². The number of rotatable bonds is 5. The lowest BCUT2D eigenvalue weighted by atomic mass is 9.83. The number of nitro benzene ring substituents is 1. The molecule has 0 saturated carbocycles. The van der Waals surface area contributed by atoms with Gasteiger partial charge in [-0.2, -0.15) is 0 Å². The van der Waals surface area contributed by atoms with Crippen LogP contribution in [0.15, 0.2) is 30.4 Å². The monoisotopic (exact) mass is 341 g/mol. The fourth-order valence-corrected chi connectivity index (χ4v) is 3.08. The molecule has 3 rings (SSSR count). The van der Waals surface area contributed by atoms with Crippen molar-refractivity contribution in [1.82, 2.24) is 9.88 Å². The highest BCUT2D eigenvalue weighted by atomic mass is 16.6.